The Labute approximate surface area is 115 Å². The topological polar surface area (TPSA) is 38.3 Å². The van der Waals surface area contributed by atoms with E-state index in [9.17, 15) is 4.79 Å². The number of carbonyl (C=O) groups excluding carboxylic acids is 1. The summed E-state index contributed by atoms with van der Waals surface area (Å²) < 4.78 is 4.89. The molecule has 1 aromatic rings. The highest BCUT2D eigenvalue weighted by Crippen LogP contribution is 2.12. The van der Waals surface area contributed by atoms with Crippen molar-refractivity contribution in [2.45, 2.75) is 39.2 Å². The molecule has 1 atom stereocenters. The van der Waals surface area contributed by atoms with Gasteiger partial charge in [-0.2, -0.15) is 0 Å². The lowest BCUT2D eigenvalue weighted by molar-refractivity contribution is -0.137. The monoisotopic (exact) mass is 261 g/mol. The summed E-state index contributed by atoms with van der Waals surface area (Å²) in [5, 5.41) is 3.42. The zero-order valence-corrected chi connectivity index (χ0v) is 11.8. The Morgan fingerprint density at radius 3 is 2.68 bits per heavy atom. The van der Waals surface area contributed by atoms with E-state index in [4.69, 9.17) is 4.74 Å². The van der Waals surface area contributed by atoms with E-state index in [0.717, 1.165) is 24.9 Å². The number of benzene rings is 1. The Balaban J connectivity index is 2.58. The third-order valence-electron chi connectivity index (χ3n) is 2.75. The number of hydrogen-bond acceptors (Lipinski definition) is 3. The second kappa shape index (κ2) is 9.20. The van der Waals surface area contributed by atoms with Crippen molar-refractivity contribution in [3.63, 3.8) is 0 Å². The molecule has 0 fully saturated rings. The lowest BCUT2D eigenvalue weighted by Crippen LogP contribution is -2.17. The fourth-order valence-electron chi connectivity index (χ4n) is 1.77. The molecule has 0 aromatic heterocycles. The molecule has 0 aliphatic rings. The van der Waals surface area contributed by atoms with E-state index in [1.165, 1.54) is 6.08 Å². The summed E-state index contributed by atoms with van der Waals surface area (Å²) >= 11 is 0. The van der Waals surface area contributed by atoms with Crippen molar-refractivity contribution in [3.05, 3.63) is 42.5 Å². The number of carbonyl (C=O) groups is 1. The number of anilines is 1. The van der Waals surface area contributed by atoms with Gasteiger partial charge in [-0.05, 0) is 25.5 Å². The predicted molar refractivity (Wildman–Crippen MR) is 79.2 cm³/mol. The molecule has 0 unspecified atom stereocenters. The van der Waals surface area contributed by atoms with E-state index in [2.05, 4.69) is 12.2 Å². The van der Waals surface area contributed by atoms with Crippen molar-refractivity contribution in [2.75, 3.05) is 11.9 Å². The van der Waals surface area contributed by atoms with E-state index >= 15 is 0 Å². The third kappa shape index (κ3) is 6.65. The standard InChI is InChI=1S/C16H23NO2/c1-3-5-9-15(12-13-16(18)19-4-2)17-14-10-7-6-8-11-14/h6-8,10-13,15,17H,3-5,9H2,1-2H3/b13-12+/t15-/m0/s1. The van der Waals surface area contributed by atoms with Crippen LogP contribution in [0.4, 0.5) is 5.69 Å². The maximum absolute atomic E-state index is 11.3. The molecule has 1 rings (SSSR count). The molecule has 0 saturated heterocycles. The van der Waals surface area contributed by atoms with Gasteiger partial charge in [-0.1, -0.05) is 44.0 Å². The minimum Gasteiger partial charge on any atom is -0.463 e. The highest BCUT2D eigenvalue weighted by atomic mass is 16.5. The normalized spacial score (nSPS) is 12.3. The van der Waals surface area contributed by atoms with Crippen LogP contribution in [0.25, 0.3) is 0 Å². The van der Waals surface area contributed by atoms with Gasteiger partial charge in [-0.25, -0.2) is 4.79 Å². The van der Waals surface area contributed by atoms with Crippen molar-refractivity contribution in [2.24, 2.45) is 0 Å². The smallest absolute Gasteiger partial charge is 0.330 e. The largest absolute Gasteiger partial charge is 0.463 e. The van der Waals surface area contributed by atoms with Crippen LogP contribution < -0.4 is 5.32 Å². The molecule has 3 heteroatoms. The van der Waals surface area contributed by atoms with Crippen LogP contribution >= 0.6 is 0 Å². The van der Waals surface area contributed by atoms with E-state index in [-0.39, 0.29) is 12.0 Å². The van der Waals surface area contributed by atoms with Crippen LogP contribution in [0.3, 0.4) is 0 Å². The van der Waals surface area contributed by atoms with Crippen LogP contribution in [0.15, 0.2) is 42.5 Å². The van der Waals surface area contributed by atoms with Gasteiger partial charge in [0.15, 0.2) is 0 Å². The third-order valence-corrected chi connectivity index (χ3v) is 2.75. The second-order valence-electron chi connectivity index (χ2n) is 4.37. The Kier molecular flexibility index (Phi) is 7.40. The van der Waals surface area contributed by atoms with Gasteiger partial charge in [-0.3, -0.25) is 0 Å². The molecular weight excluding hydrogens is 238 g/mol. The van der Waals surface area contributed by atoms with E-state index in [0.29, 0.717) is 6.61 Å². The minimum absolute atomic E-state index is 0.159. The molecule has 0 aliphatic heterocycles. The average molecular weight is 261 g/mol. The lowest BCUT2D eigenvalue weighted by atomic mass is 10.1. The van der Waals surface area contributed by atoms with Gasteiger partial charge >= 0.3 is 5.97 Å². The van der Waals surface area contributed by atoms with Gasteiger partial charge in [0.25, 0.3) is 0 Å². The Hall–Kier alpha value is -1.77. The van der Waals surface area contributed by atoms with Crippen molar-refractivity contribution in [1.29, 1.82) is 0 Å². The summed E-state index contributed by atoms with van der Waals surface area (Å²) in [6, 6.07) is 10.2. The van der Waals surface area contributed by atoms with E-state index in [1.54, 1.807) is 0 Å². The van der Waals surface area contributed by atoms with E-state index in [1.807, 2.05) is 43.3 Å². The first kappa shape index (κ1) is 15.3. The molecule has 0 heterocycles. The molecule has 0 saturated carbocycles. The van der Waals surface area contributed by atoms with Gasteiger partial charge in [0, 0.05) is 17.8 Å². The predicted octanol–water partition coefficient (Wildman–Crippen LogP) is 3.78. The summed E-state index contributed by atoms with van der Waals surface area (Å²) in [6.45, 7) is 4.38. The van der Waals surface area contributed by atoms with Crippen LogP contribution in [0.1, 0.15) is 33.1 Å². The van der Waals surface area contributed by atoms with Gasteiger partial charge in [0.05, 0.1) is 6.61 Å². The van der Waals surface area contributed by atoms with E-state index < -0.39 is 0 Å². The highest BCUT2D eigenvalue weighted by molar-refractivity contribution is 5.82. The van der Waals surface area contributed by atoms with Crippen LogP contribution in [0, 0.1) is 0 Å². The Bertz CT molecular complexity index is 387. The fraction of sp³-hybridized carbons (Fsp3) is 0.438. The molecule has 0 aliphatic carbocycles. The number of rotatable bonds is 8. The average Bonchev–Trinajstić information content (AvgIpc) is 2.43. The first-order valence-electron chi connectivity index (χ1n) is 6.92. The Morgan fingerprint density at radius 2 is 2.05 bits per heavy atom. The van der Waals surface area contributed by atoms with Crippen LogP contribution in [0.5, 0.6) is 0 Å². The minimum atomic E-state index is -0.279. The molecule has 0 spiro atoms. The van der Waals surface area contributed by atoms with Crippen LogP contribution in [-0.2, 0) is 9.53 Å². The van der Waals surface area contributed by atoms with Crippen LogP contribution in [-0.4, -0.2) is 18.6 Å². The van der Waals surface area contributed by atoms with Crippen molar-refractivity contribution in [1.82, 2.24) is 0 Å². The number of para-hydroxylation sites is 1. The summed E-state index contributed by atoms with van der Waals surface area (Å²) in [7, 11) is 0. The molecule has 19 heavy (non-hydrogen) atoms. The van der Waals surface area contributed by atoms with Crippen molar-refractivity contribution < 1.29 is 9.53 Å². The zero-order valence-electron chi connectivity index (χ0n) is 11.8. The number of ether oxygens (including phenoxy) is 1. The fourth-order valence-corrected chi connectivity index (χ4v) is 1.77. The molecule has 104 valence electrons. The quantitative estimate of drug-likeness (QED) is 0.571. The van der Waals surface area contributed by atoms with Crippen molar-refractivity contribution >= 4 is 11.7 Å². The van der Waals surface area contributed by atoms with Gasteiger partial charge in [0.1, 0.15) is 0 Å². The molecule has 0 radical (unpaired) electrons. The zero-order chi connectivity index (χ0) is 13.9. The molecule has 0 amide bonds. The maximum atomic E-state index is 11.3. The number of unbranched alkanes of at least 4 members (excludes halogenated alkanes) is 1. The van der Waals surface area contributed by atoms with Crippen molar-refractivity contribution in [3.8, 4) is 0 Å². The summed E-state index contributed by atoms with van der Waals surface area (Å²) in [5.41, 5.74) is 1.07. The summed E-state index contributed by atoms with van der Waals surface area (Å²) in [4.78, 5) is 11.3. The first-order chi connectivity index (χ1) is 9.26. The summed E-state index contributed by atoms with van der Waals surface area (Å²) in [6.07, 6.45) is 6.67. The van der Waals surface area contributed by atoms with Gasteiger partial charge in [-0.15, -0.1) is 0 Å². The lowest BCUT2D eigenvalue weighted by Gasteiger charge is -2.16. The Morgan fingerprint density at radius 1 is 1.32 bits per heavy atom. The number of esters is 1. The highest BCUT2D eigenvalue weighted by Gasteiger charge is 2.05. The molecule has 1 N–H and O–H groups in total. The van der Waals surface area contributed by atoms with Gasteiger partial charge < -0.3 is 10.1 Å². The number of hydrogen-bond donors (Lipinski definition) is 1. The second-order valence-corrected chi connectivity index (χ2v) is 4.37. The summed E-state index contributed by atoms with van der Waals surface area (Å²) in [5.74, 6) is -0.279. The van der Waals surface area contributed by atoms with Crippen LogP contribution in [0.2, 0.25) is 0 Å². The molecular formula is C16H23NO2. The molecule has 3 nitrogen and oxygen atoms in total. The SMILES string of the molecule is CCCC[C@@H](/C=C/C(=O)OCC)Nc1ccccc1. The maximum Gasteiger partial charge on any atom is 0.330 e. The first-order valence-corrected chi connectivity index (χ1v) is 6.92. The van der Waals surface area contributed by atoms with Gasteiger partial charge in [0.2, 0.25) is 0 Å². The number of nitrogens with one attached hydrogen (secondary N) is 1. The molecule has 1 aromatic carbocycles. The molecule has 0 bridgehead atoms.